The third-order valence-corrected chi connectivity index (χ3v) is 3.96. The summed E-state index contributed by atoms with van der Waals surface area (Å²) in [7, 11) is 0. The zero-order valence-electron chi connectivity index (χ0n) is 11.9. The SMILES string of the molecule is CCC(OC1CCCCCC1C)C(C)(C)C. The summed E-state index contributed by atoms with van der Waals surface area (Å²) >= 11 is 0. The molecule has 1 fully saturated rings. The van der Waals surface area contributed by atoms with Gasteiger partial charge in [0.2, 0.25) is 0 Å². The lowest BCUT2D eigenvalue weighted by Crippen LogP contribution is -2.35. The molecule has 1 nitrogen and oxygen atoms in total. The Labute approximate surface area is 102 Å². The maximum atomic E-state index is 6.40. The zero-order chi connectivity index (χ0) is 12.2. The van der Waals surface area contributed by atoms with Crippen LogP contribution in [0.25, 0.3) is 0 Å². The van der Waals surface area contributed by atoms with Crippen LogP contribution in [-0.2, 0) is 4.74 Å². The molecule has 0 amide bonds. The highest BCUT2D eigenvalue weighted by atomic mass is 16.5. The second-order valence-electron chi connectivity index (χ2n) is 6.55. The predicted molar refractivity (Wildman–Crippen MR) is 70.7 cm³/mol. The van der Waals surface area contributed by atoms with Crippen LogP contribution in [0, 0.1) is 11.3 Å². The van der Waals surface area contributed by atoms with E-state index in [9.17, 15) is 0 Å². The molecule has 0 radical (unpaired) electrons. The van der Waals surface area contributed by atoms with Crippen LogP contribution >= 0.6 is 0 Å². The van der Waals surface area contributed by atoms with Gasteiger partial charge in [-0.2, -0.15) is 0 Å². The second-order valence-corrected chi connectivity index (χ2v) is 6.55. The third-order valence-electron chi connectivity index (χ3n) is 3.96. The van der Waals surface area contributed by atoms with Crippen molar-refractivity contribution < 1.29 is 4.74 Å². The highest BCUT2D eigenvalue weighted by Gasteiger charge is 2.29. The lowest BCUT2D eigenvalue weighted by molar-refractivity contribution is -0.0893. The van der Waals surface area contributed by atoms with Gasteiger partial charge in [0.25, 0.3) is 0 Å². The second kappa shape index (κ2) is 6.05. The van der Waals surface area contributed by atoms with Crippen LogP contribution in [0.3, 0.4) is 0 Å². The molecule has 0 bridgehead atoms. The Morgan fingerprint density at radius 3 is 2.31 bits per heavy atom. The lowest BCUT2D eigenvalue weighted by Gasteiger charge is -2.35. The van der Waals surface area contributed by atoms with E-state index in [1.54, 1.807) is 0 Å². The molecule has 1 saturated carbocycles. The zero-order valence-corrected chi connectivity index (χ0v) is 11.9. The Morgan fingerprint density at radius 2 is 1.75 bits per heavy atom. The molecular weight excluding hydrogens is 196 g/mol. The predicted octanol–water partition coefficient (Wildman–Crippen LogP) is 4.80. The van der Waals surface area contributed by atoms with Gasteiger partial charge in [0.15, 0.2) is 0 Å². The molecule has 0 spiro atoms. The number of rotatable bonds is 3. The topological polar surface area (TPSA) is 9.23 Å². The van der Waals surface area contributed by atoms with Gasteiger partial charge in [-0.25, -0.2) is 0 Å². The monoisotopic (exact) mass is 226 g/mol. The van der Waals surface area contributed by atoms with Crippen molar-refractivity contribution in [3.63, 3.8) is 0 Å². The van der Waals surface area contributed by atoms with Gasteiger partial charge < -0.3 is 4.74 Å². The molecule has 96 valence electrons. The first-order valence-corrected chi connectivity index (χ1v) is 7.10. The van der Waals surface area contributed by atoms with E-state index in [4.69, 9.17) is 4.74 Å². The Morgan fingerprint density at radius 1 is 1.12 bits per heavy atom. The van der Waals surface area contributed by atoms with Crippen LogP contribution in [0.5, 0.6) is 0 Å². The molecule has 1 rings (SSSR count). The van der Waals surface area contributed by atoms with Gasteiger partial charge in [-0.05, 0) is 30.6 Å². The minimum atomic E-state index is 0.279. The molecule has 1 heteroatoms. The summed E-state index contributed by atoms with van der Waals surface area (Å²) in [5.74, 6) is 0.749. The molecule has 3 unspecified atom stereocenters. The quantitative estimate of drug-likeness (QED) is 0.628. The van der Waals surface area contributed by atoms with Crippen molar-refractivity contribution >= 4 is 0 Å². The van der Waals surface area contributed by atoms with Gasteiger partial charge >= 0.3 is 0 Å². The first kappa shape index (κ1) is 14.0. The summed E-state index contributed by atoms with van der Waals surface area (Å²) in [4.78, 5) is 0. The van der Waals surface area contributed by atoms with Crippen LogP contribution < -0.4 is 0 Å². The summed E-state index contributed by atoms with van der Waals surface area (Å²) in [6.07, 6.45) is 8.83. The normalized spacial score (nSPS) is 29.8. The lowest BCUT2D eigenvalue weighted by atomic mass is 9.87. The van der Waals surface area contributed by atoms with E-state index in [-0.39, 0.29) is 5.41 Å². The molecule has 0 aliphatic heterocycles. The third kappa shape index (κ3) is 4.08. The minimum absolute atomic E-state index is 0.279. The van der Waals surface area contributed by atoms with Gasteiger partial charge in [-0.15, -0.1) is 0 Å². The van der Waals surface area contributed by atoms with Gasteiger partial charge in [-0.3, -0.25) is 0 Å². The Balaban J connectivity index is 2.55. The van der Waals surface area contributed by atoms with E-state index in [2.05, 4.69) is 34.6 Å². The fraction of sp³-hybridized carbons (Fsp3) is 1.00. The molecule has 0 heterocycles. The van der Waals surface area contributed by atoms with E-state index in [0.29, 0.717) is 12.2 Å². The van der Waals surface area contributed by atoms with E-state index >= 15 is 0 Å². The molecule has 0 aromatic rings. The first-order valence-electron chi connectivity index (χ1n) is 7.10. The molecule has 0 N–H and O–H groups in total. The fourth-order valence-electron chi connectivity index (χ4n) is 2.78. The maximum absolute atomic E-state index is 6.40. The van der Waals surface area contributed by atoms with Crippen molar-refractivity contribution in [1.29, 1.82) is 0 Å². The molecule has 0 aromatic heterocycles. The van der Waals surface area contributed by atoms with Crippen molar-refractivity contribution in [3.05, 3.63) is 0 Å². The molecule has 1 aliphatic carbocycles. The summed E-state index contributed by atoms with van der Waals surface area (Å²) in [6.45, 7) is 11.5. The number of hydrogen-bond donors (Lipinski definition) is 0. The standard InChI is InChI=1S/C15H30O/c1-6-14(15(3,4)5)16-13-11-9-7-8-10-12(13)2/h12-14H,6-11H2,1-5H3. The Kier molecular flexibility index (Phi) is 5.30. The number of hydrogen-bond acceptors (Lipinski definition) is 1. The number of ether oxygens (including phenoxy) is 1. The highest BCUT2D eigenvalue weighted by Crippen LogP contribution is 2.32. The summed E-state index contributed by atoms with van der Waals surface area (Å²) < 4.78 is 6.40. The van der Waals surface area contributed by atoms with Crippen molar-refractivity contribution in [1.82, 2.24) is 0 Å². The smallest absolute Gasteiger partial charge is 0.0624 e. The molecule has 1 aliphatic rings. The van der Waals surface area contributed by atoms with Crippen molar-refractivity contribution in [3.8, 4) is 0 Å². The average Bonchev–Trinajstić information content (AvgIpc) is 2.38. The maximum Gasteiger partial charge on any atom is 0.0624 e. The van der Waals surface area contributed by atoms with Crippen molar-refractivity contribution in [2.45, 2.75) is 85.4 Å². The van der Waals surface area contributed by atoms with Gasteiger partial charge in [0, 0.05) is 0 Å². The van der Waals surface area contributed by atoms with Crippen LogP contribution in [0.2, 0.25) is 0 Å². The van der Waals surface area contributed by atoms with Gasteiger partial charge in [0.05, 0.1) is 12.2 Å². The molecular formula is C15H30O. The molecule has 16 heavy (non-hydrogen) atoms. The highest BCUT2D eigenvalue weighted by molar-refractivity contribution is 4.78. The van der Waals surface area contributed by atoms with Crippen LogP contribution in [0.1, 0.15) is 73.1 Å². The van der Waals surface area contributed by atoms with Crippen LogP contribution in [0.15, 0.2) is 0 Å². The van der Waals surface area contributed by atoms with Crippen molar-refractivity contribution in [2.75, 3.05) is 0 Å². The summed E-state index contributed by atoms with van der Waals surface area (Å²) in [5, 5.41) is 0. The Hall–Kier alpha value is -0.0400. The van der Waals surface area contributed by atoms with E-state index in [1.807, 2.05) is 0 Å². The van der Waals surface area contributed by atoms with Crippen molar-refractivity contribution in [2.24, 2.45) is 11.3 Å². The Bertz CT molecular complexity index is 192. The van der Waals surface area contributed by atoms with Gasteiger partial charge in [0.1, 0.15) is 0 Å². The van der Waals surface area contributed by atoms with Crippen LogP contribution in [-0.4, -0.2) is 12.2 Å². The largest absolute Gasteiger partial charge is 0.374 e. The first-order chi connectivity index (χ1) is 7.45. The average molecular weight is 226 g/mol. The van der Waals surface area contributed by atoms with Gasteiger partial charge in [-0.1, -0.05) is 53.9 Å². The molecule has 3 atom stereocenters. The van der Waals surface area contributed by atoms with Crippen LogP contribution in [0.4, 0.5) is 0 Å². The van der Waals surface area contributed by atoms with E-state index in [0.717, 1.165) is 12.3 Å². The summed E-state index contributed by atoms with van der Waals surface area (Å²) in [5.41, 5.74) is 0.279. The minimum Gasteiger partial charge on any atom is -0.374 e. The fourth-order valence-corrected chi connectivity index (χ4v) is 2.78. The van der Waals surface area contributed by atoms with E-state index in [1.165, 1.54) is 32.1 Å². The molecule has 0 aromatic carbocycles. The molecule has 0 saturated heterocycles. The summed E-state index contributed by atoms with van der Waals surface area (Å²) in [6, 6.07) is 0. The van der Waals surface area contributed by atoms with E-state index < -0.39 is 0 Å².